The Morgan fingerprint density at radius 1 is 1.21 bits per heavy atom. The van der Waals surface area contributed by atoms with Crippen LogP contribution in [0, 0.1) is 0 Å². The monoisotopic (exact) mass is 272 g/mol. The second-order valence-electron chi connectivity index (χ2n) is 3.94. The van der Waals surface area contributed by atoms with Crippen LogP contribution in [0.4, 0.5) is 0 Å². The lowest BCUT2D eigenvalue weighted by Crippen LogP contribution is -2.32. The molecule has 0 saturated heterocycles. The summed E-state index contributed by atoms with van der Waals surface area (Å²) in [5.41, 5.74) is 1.32. The van der Waals surface area contributed by atoms with Crippen LogP contribution in [0.3, 0.4) is 0 Å². The summed E-state index contributed by atoms with van der Waals surface area (Å²) in [7, 11) is 0. The van der Waals surface area contributed by atoms with Crippen LogP contribution in [0.15, 0.2) is 30.3 Å². The molecule has 2 rings (SSSR count). The van der Waals surface area contributed by atoms with Gasteiger partial charge in [-0.2, -0.15) is 0 Å². The first-order valence-corrected chi connectivity index (χ1v) is 6.35. The van der Waals surface area contributed by atoms with Gasteiger partial charge in [0.15, 0.2) is 0 Å². The lowest BCUT2D eigenvalue weighted by atomic mass is 9.83. The van der Waals surface area contributed by atoms with E-state index in [9.17, 15) is 0 Å². The van der Waals surface area contributed by atoms with Crippen molar-refractivity contribution in [2.45, 2.75) is 35.4 Å². The average molecular weight is 274 g/mol. The van der Waals surface area contributed by atoms with Gasteiger partial charge in [0, 0.05) is 0 Å². The number of benzene rings is 1. The maximum Gasteiger partial charge on any atom is 0.0669 e. The molecule has 0 heterocycles. The SMILES string of the molecule is ClC1CCCCC1(Br)c1ccccc1. The highest BCUT2D eigenvalue weighted by molar-refractivity contribution is 9.09. The fourth-order valence-corrected chi connectivity index (χ4v) is 3.29. The summed E-state index contributed by atoms with van der Waals surface area (Å²) in [5.74, 6) is 0. The van der Waals surface area contributed by atoms with Crippen molar-refractivity contribution in [3.05, 3.63) is 35.9 Å². The molecule has 2 atom stereocenters. The van der Waals surface area contributed by atoms with E-state index in [1.54, 1.807) is 0 Å². The Balaban J connectivity index is 2.30. The second kappa shape index (κ2) is 4.24. The molecule has 1 aromatic carbocycles. The van der Waals surface area contributed by atoms with Crippen LogP contribution < -0.4 is 0 Å². The summed E-state index contributed by atoms with van der Waals surface area (Å²) in [6, 6.07) is 10.5. The molecule has 76 valence electrons. The smallest absolute Gasteiger partial charge is 0.0669 e. The van der Waals surface area contributed by atoms with Gasteiger partial charge in [-0.3, -0.25) is 0 Å². The molecule has 0 bridgehead atoms. The molecule has 2 heteroatoms. The summed E-state index contributed by atoms with van der Waals surface area (Å²) < 4.78 is 0.00800. The predicted octanol–water partition coefficient (Wildman–Crippen LogP) is 4.46. The molecule has 1 aromatic rings. The average Bonchev–Trinajstić information content (AvgIpc) is 2.24. The van der Waals surface area contributed by atoms with E-state index < -0.39 is 0 Å². The summed E-state index contributed by atoms with van der Waals surface area (Å²) in [4.78, 5) is 0. The highest BCUT2D eigenvalue weighted by Gasteiger charge is 2.38. The van der Waals surface area contributed by atoms with E-state index in [0.29, 0.717) is 0 Å². The van der Waals surface area contributed by atoms with Crippen LogP contribution in [0.2, 0.25) is 0 Å². The third kappa shape index (κ3) is 1.85. The topological polar surface area (TPSA) is 0 Å². The first-order valence-electron chi connectivity index (χ1n) is 5.12. The predicted molar refractivity (Wildman–Crippen MR) is 65.2 cm³/mol. The Labute approximate surface area is 98.8 Å². The van der Waals surface area contributed by atoms with Crippen molar-refractivity contribution in [2.24, 2.45) is 0 Å². The minimum Gasteiger partial charge on any atom is -0.121 e. The normalized spacial score (nSPS) is 32.9. The van der Waals surface area contributed by atoms with Crippen LogP contribution in [-0.2, 0) is 4.32 Å². The van der Waals surface area contributed by atoms with Gasteiger partial charge in [-0.25, -0.2) is 0 Å². The minimum atomic E-state index is 0.00800. The van der Waals surface area contributed by atoms with E-state index in [0.717, 1.165) is 12.8 Å². The van der Waals surface area contributed by atoms with Crippen molar-refractivity contribution in [3.63, 3.8) is 0 Å². The maximum atomic E-state index is 6.41. The molecule has 1 fully saturated rings. The van der Waals surface area contributed by atoms with Crippen LogP contribution in [-0.4, -0.2) is 5.38 Å². The van der Waals surface area contributed by atoms with Gasteiger partial charge in [-0.05, 0) is 18.4 Å². The van der Waals surface area contributed by atoms with Gasteiger partial charge in [0.1, 0.15) is 0 Å². The number of hydrogen-bond donors (Lipinski definition) is 0. The van der Waals surface area contributed by atoms with E-state index in [2.05, 4.69) is 40.2 Å². The Morgan fingerprint density at radius 3 is 2.57 bits per heavy atom. The Hall–Kier alpha value is -0.0100. The molecule has 0 amide bonds. The van der Waals surface area contributed by atoms with Crippen LogP contribution in [0.5, 0.6) is 0 Å². The zero-order valence-electron chi connectivity index (χ0n) is 8.05. The standard InChI is InChI=1S/C12H14BrCl/c13-12(9-5-4-8-11(12)14)10-6-2-1-3-7-10/h1-3,6-7,11H,4-5,8-9H2. The molecule has 14 heavy (non-hydrogen) atoms. The van der Waals surface area contributed by atoms with Crippen LogP contribution in [0.1, 0.15) is 31.2 Å². The molecule has 0 aliphatic heterocycles. The Morgan fingerprint density at radius 2 is 1.93 bits per heavy atom. The van der Waals surface area contributed by atoms with Crippen molar-refractivity contribution in [1.82, 2.24) is 0 Å². The number of rotatable bonds is 1. The zero-order valence-corrected chi connectivity index (χ0v) is 10.4. The lowest BCUT2D eigenvalue weighted by Gasteiger charge is -2.36. The van der Waals surface area contributed by atoms with E-state index in [1.165, 1.54) is 18.4 Å². The third-order valence-electron chi connectivity index (χ3n) is 3.00. The fourth-order valence-electron chi connectivity index (χ4n) is 2.13. The summed E-state index contributed by atoms with van der Waals surface area (Å²) in [6.45, 7) is 0. The van der Waals surface area contributed by atoms with E-state index in [-0.39, 0.29) is 9.70 Å². The van der Waals surface area contributed by atoms with Crippen molar-refractivity contribution in [3.8, 4) is 0 Å². The van der Waals surface area contributed by atoms with Gasteiger partial charge in [-0.1, -0.05) is 59.1 Å². The van der Waals surface area contributed by atoms with Gasteiger partial charge >= 0.3 is 0 Å². The van der Waals surface area contributed by atoms with Gasteiger partial charge in [0.05, 0.1) is 9.70 Å². The zero-order chi connectivity index (χ0) is 10.0. The summed E-state index contributed by atoms with van der Waals surface area (Å²) in [6.07, 6.45) is 4.78. The van der Waals surface area contributed by atoms with Gasteiger partial charge in [-0.15, -0.1) is 11.6 Å². The molecule has 1 aliphatic rings. The van der Waals surface area contributed by atoms with Crippen molar-refractivity contribution in [1.29, 1.82) is 0 Å². The highest BCUT2D eigenvalue weighted by Crippen LogP contribution is 2.47. The molecule has 0 radical (unpaired) electrons. The van der Waals surface area contributed by atoms with Crippen molar-refractivity contribution in [2.75, 3.05) is 0 Å². The molecule has 2 unspecified atom stereocenters. The number of halogens is 2. The molecule has 0 N–H and O–H groups in total. The maximum absolute atomic E-state index is 6.41. The first kappa shape index (κ1) is 10.5. The molecule has 1 saturated carbocycles. The lowest BCUT2D eigenvalue weighted by molar-refractivity contribution is 0.422. The first-order chi connectivity index (χ1) is 6.73. The third-order valence-corrected chi connectivity index (χ3v) is 5.26. The quantitative estimate of drug-likeness (QED) is 0.663. The second-order valence-corrected chi connectivity index (χ2v) is 5.88. The fraction of sp³-hybridized carbons (Fsp3) is 0.500. The minimum absolute atomic E-state index is 0.00800. The van der Waals surface area contributed by atoms with Crippen LogP contribution >= 0.6 is 27.5 Å². The number of hydrogen-bond acceptors (Lipinski definition) is 0. The molecule has 0 nitrogen and oxygen atoms in total. The van der Waals surface area contributed by atoms with Gasteiger partial charge in [0.25, 0.3) is 0 Å². The molecular weight excluding hydrogens is 259 g/mol. The molecular formula is C12H14BrCl. The molecule has 0 spiro atoms. The molecule has 1 aliphatic carbocycles. The van der Waals surface area contributed by atoms with E-state index in [1.807, 2.05) is 6.07 Å². The number of alkyl halides is 2. The van der Waals surface area contributed by atoms with E-state index >= 15 is 0 Å². The largest absolute Gasteiger partial charge is 0.121 e. The van der Waals surface area contributed by atoms with Crippen molar-refractivity contribution >= 4 is 27.5 Å². The van der Waals surface area contributed by atoms with Crippen molar-refractivity contribution < 1.29 is 0 Å². The van der Waals surface area contributed by atoms with E-state index in [4.69, 9.17) is 11.6 Å². The summed E-state index contributed by atoms with van der Waals surface area (Å²) >= 11 is 10.2. The van der Waals surface area contributed by atoms with Gasteiger partial charge < -0.3 is 0 Å². The molecule has 0 aromatic heterocycles. The highest BCUT2D eigenvalue weighted by atomic mass is 79.9. The summed E-state index contributed by atoms with van der Waals surface area (Å²) in [5, 5.41) is 0.221. The Bertz CT molecular complexity index is 298. The van der Waals surface area contributed by atoms with Crippen LogP contribution in [0.25, 0.3) is 0 Å². The Kier molecular flexibility index (Phi) is 3.18. The van der Waals surface area contributed by atoms with Gasteiger partial charge in [0.2, 0.25) is 0 Å².